The quantitative estimate of drug-likeness (QED) is 0.695. The summed E-state index contributed by atoms with van der Waals surface area (Å²) in [5, 5.41) is 7.00. The topological polar surface area (TPSA) is 49.8 Å². The van der Waals surface area contributed by atoms with Gasteiger partial charge in [0.25, 0.3) is 0 Å². The molecular weight excluding hydrogens is 206 g/mol. The van der Waals surface area contributed by atoms with E-state index in [-0.39, 0.29) is 11.7 Å². The van der Waals surface area contributed by atoms with Gasteiger partial charge in [-0.25, -0.2) is 4.79 Å². The van der Waals surface area contributed by atoms with Gasteiger partial charge >= 0.3 is 6.09 Å². The SMILES string of the molecule is CC1CCCN(C(=O)OC(C)(C)C)C1.CO. The molecule has 0 aliphatic carbocycles. The average molecular weight is 231 g/mol. The molecule has 1 unspecified atom stereocenters. The van der Waals surface area contributed by atoms with E-state index in [1.807, 2.05) is 25.7 Å². The van der Waals surface area contributed by atoms with Crippen LogP contribution >= 0.6 is 0 Å². The van der Waals surface area contributed by atoms with Crippen LogP contribution in [0.25, 0.3) is 0 Å². The highest BCUT2D eigenvalue weighted by Crippen LogP contribution is 2.18. The zero-order valence-electron chi connectivity index (χ0n) is 11.1. The Morgan fingerprint density at radius 3 is 2.38 bits per heavy atom. The van der Waals surface area contributed by atoms with Gasteiger partial charge in [0.2, 0.25) is 0 Å². The standard InChI is InChI=1S/C11H21NO2.CH4O/c1-9-6-5-7-12(8-9)10(13)14-11(2,3)4;1-2/h9H,5-8H2,1-4H3;2H,1H3. The summed E-state index contributed by atoms with van der Waals surface area (Å²) in [6.07, 6.45) is 2.16. The van der Waals surface area contributed by atoms with Crippen molar-refractivity contribution in [2.75, 3.05) is 20.2 Å². The number of amides is 1. The fraction of sp³-hybridized carbons (Fsp3) is 0.917. The van der Waals surface area contributed by atoms with Crippen LogP contribution in [-0.2, 0) is 4.74 Å². The van der Waals surface area contributed by atoms with Crippen LogP contribution in [-0.4, -0.2) is 41.9 Å². The molecule has 0 aromatic rings. The summed E-state index contributed by atoms with van der Waals surface area (Å²) >= 11 is 0. The lowest BCUT2D eigenvalue weighted by atomic mass is 10.0. The molecule has 1 fully saturated rings. The van der Waals surface area contributed by atoms with E-state index in [0.717, 1.165) is 26.6 Å². The van der Waals surface area contributed by atoms with Gasteiger partial charge < -0.3 is 14.7 Å². The molecule has 0 aromatic heterocycles. The number of likely N-dealkylation sites (tertiary alicyclic amines) is 1. The lowest BCUT2D eigenvalue weighted by Crippen LogP contribution is -2.42. The zero-order valence-corrected chi connectivity index (χ0v) is 11.1. The number of hydrogen-bond acceptors (Lipinski definition) is 3. The highest BCUT2D eigenvalue weighted by molar-refractivity contribution is 5.68. The Labute approximate surface area is 98.6 Å². The van der Waals surface area contributed by atoms with Crippen molar-refractivity contribution in [2.24, 2.45) is 5.92 Å². The molecule has 0 aromatic carbocycles. The third-order valence-corrected chi connectivity index (χ3v) is 2.31. The molecule has 1 saturated heterocycles. The van der Waals surface area contributed by atoms with Crippen LogP contribution in [0.4, 0.5) is 4.79 Å². The highest BCUT2D eigenvalue weighted by Gasteiger charge is 2.25. The molecule has 0 bridgehead atoms. The van der Waals surface area contributed by atoms with Gasteiger partial charge in [0.15, 0.2) is 0 Å². The average Bonchev–Trinajstić information content (AvgIpc) is 2.18. The minimum absolute atomic E-state index is 0.163. The molecular formula is C12H25NO3. The third-order valence-electron chi connectivity index (χ3n) is 2.31. The minimum Gasteiger partial charge on any atom is -0.444 e. The summed E-state index contributed by atoms with van der Waals surface area (Å²) in [4.78, 5) is 13.5. The lowest BCUT2D eigenvalue weighted by Gasteiger charge is -2.32. The molecule has 0 spiro atoms. The first-order valence-electron chi connectivity index (χ1n) is 5.81. The normalized spacial score (nSPS) is 20.9. The second-order valence-electron chi connectivity index (χ2n) is 5.17. The maximum Gasteiger partial charge on any atom is 0.410 e. The van der Waals surface area contributed by atoms with Gasteiger partial charge in [-0.3, -0.25) is 0 Å². The second kappa shape index (κ2) is 6.74. The monoisotopic (exact) mass is 231 g/mol. The van der Waals surface area contributed by atoms with Crippen molar-refractivity contribution >= 4 is 6.09 Å². The largest absolute Gasteiger partial charge is 0.444 e. The minimum atomic E-state index is -0.377. The van der Waals surface area contributed by atoms with Crippen molar-refractivity contribution in [3.63, 3.8) is 0 Å². The first-order chi connectivity index (χ1) is 7.38. The predicted octanol–water partition coefficient (Wildman–Crippen LogP) is 2.26. The summed E-state index contributed by atoms with van der Waals surface area (Å²) in [5.41, 5.74) is -0.377. The summed E-state index contributed by atoms with van der Waals surface area (Å²) in [6.45, 7) is 9.57. The lowest BCUT2D eigenvalue weighted by molar-refractivity contribution is 0.0174. The van der Waals surface area contributed by atoms with Gasteiger partial charge in [-0.2, -0.15) is 0 Å². The number of ether oxygens (including phenoxy) is 1. The number of carbonyl (C=O) groups is 1. The van der Waals surface area contributed by atoms with Crippen LogP contribution in [0.2, 0.25) is 0 Å². The van der Waals surface area contributed by atoms with Gasteiger partial charge in [0.1, 0.15) is 5.60 Å². The van der Waals surface area contributed by atoms with Gasteiger partial charge in [0.05, 0.1) is 0 Å². The van der Waals surface area contributed by atoms with E-state index in [1.165, 1.54) is 6.42 Å². The smallest absolute Gasteiger partial charge is 0.410 e. The second-order valence-corrected chi connectivity index (χ2v) is 5.17. The summed E-state index contributed by atoms with van der Waals surface area (Å²) in [7, 11) is 1.00. The van der Waals surface area contributed by atoms with E-state index in [2.05, 4.69) is 6.92 Å². The molecule has 4 nitrogen and oxygen atoms in total. The van der Waals surface area contributed by atoms with Crippen LogP contribution < -0.4 is 0 Å². The van der Waals surface area contributed by atoms with E-state index in [9.17, 15) is 4.79 Å². The number of carbonyl (C=O) groups excluding carboxylic acids is 1. The molecule has 16 heavy (non-hydrogen) atoms. The summed E-state index contributed by atoms with van der Waals surface area (Å²) in [6, 6.07) is 0. The van der Waals surface area contributed by atoms with Gasteiger partial charge in [0, 0.05) is 20.2 Å². The molecule has 0 saturated carbocycles. The number of piperidine rings is 1. The molecule has 1 aliphatic rings. The van der Waals surface area contributed by atoms with Crippen molar-refractivity contribution in [1.82, 2.24) is 4.90 Å². The number of hydrogen-bond donors (Lipinski definition) is 1. The fourth-order valence-corrected chi connectivity index (χ4v) is 1.68. The molecule has 4 heteroatoms. The van der Waals surface area contributed by atoms with Crippen LogP contribution in [0.1, 0.15) is 40.5 Å². The molecule has 1 atom stereocenters. The highest BCUT2D eigenvalue weighted by atomic mass is 16.6. The number of aliphatic hydroxyl groups excluding tert-OH is 1. The Balaban J connectivity index is 0.00000106. The Morgan fingerprint density at radius 2 is 1.94 bits per heavy atom. The van der Waals surface area contributed by atoms with Crippen LogP contribution in [0, 0.1) is 5.92 Å². The maximum atomic E-state index is 11.7. The molecule has 1 rings (SSSR count). The Kier molecular flexibility index (Phi) is 6.41. The van der Waals surface area contributed by atoms with E-state index in [0.29, 0.717) is 5.92 Å². The Bertz CT molecular complexity index is 211. The van der Waals surface area contributed by atoms with Crippen molar-refractivity contribution in [2.45, 2.75) is 46.1 Å². The molecule has 96 valence electrons. The summed E-state index contributed by atoms with van der Waals surface area (Å²) < 4.78 is 5.31. The van der Waals surface area contributed by atoms with E-state index < -0.39 is 0 Å². The van der Waals surface area contributed by atoms with Crippen LogP contribution in [0.5, 0.6) is 0 Å². The van der Waals surface area contributed by atoms with Crippen LogP contribution in [0.3, 0.4) is 0 Å². The van der Waals surface area contributed by atoms with Crippen molar-refractivity contribution in [1.29, 1.82) is 0 Å². The molecule has 1 N–H and O–H groups in total. The molecule has 1 amide bonds. The Morgan fingerprint density at radius 1 is 1.38 bits per heavy atom. The fourth-order valence-electron chi connectivity index (χ4n) is 1.68. The van der Waals surface area contributed by atoms with Crippen molar-refractivity contribution in [3.05, 3.63) is 0 Å². The first kappa shape index (κ1) is 15.2. The summed E-state index contributed by atoms with van der Waals surface area (Å²) in [5.74, 6) is 0.608. The van der Waals surface area contributed by atoms with Gasteiger partial charge in [-0.05, 0) is 39.5 Å². The zero-order chi connectivity index (χ0) is 12.8. The van der Waals surface area contributed by atoms with Crippen molar-refractivity contribution < 1.29 is 14.6 Å². The molecule has 0 radical (unpaired) electrons. The maximum absolute atomic E-state index is 11.7. The predicted molar refractivity (Wildman–Crippen MR) is 64.3 cm³/mol. The van der Waals surface area contributed by atoms with Gasteiger partial charge in [-0.1, -0.05) is 6.92 Å². The van der Waals surface area contributed by atoms with Crippen molar-refractivity contribution in [3.8, 4) is 0 Å². The number of rotatable bonds is 0. The van der Waals surface area contributed by atoms with Gasteiger partial charge in [-0.15, -0.1) is 0 Å². The Hall–Kier alpha value is -0.770. The first-order valence-corrected chi connectivity index (χ1v) is 5.81. The number of nitrogens with zero attached hydrogens (tertiary/aromatic N) is 1. The van der Waals surface area contributed by atoms with E-state index >= 15 is 0 Å². The number of aliphatic hydroxyl groups is 1. The van der Waals surface area contributed by atoms with E-state index in [4.69, 9.17) is 9.84 Å². The molecule has 1 aliphatic heterocycles. The third kappa shape index (κ3) is 5.95. The van der Waals surface area contributed by atoms with Crippen LogP contribution in [0.15, 0.2) is 0 Å². The van der Waals surface area contributed by atoms with E-state index in [1.54, 1.807) is 0 Å². The molecule has 1 heterocycles.